The number of hydrogen-bond donors (Lipinski definition) is 0. The molecule has 0 bridgehead atoms. The molecule has 0 spiro atoms. The Kier molecular flexibility index (Phi) is 5.86. The summed E-state index contributed by atoms with van der Waals surface area (Å²) in [6.07, 6.45) is 0.582. The molecule has 2 aromatic rings. The van der Waals surface area contributed by atoms with Crippen molar-refractivity contribution in [3.05, 3.63) is 45.2 Å². The minimum absolute atomic E-state index is 0.113. The lowest BCUT2D eigenvalue weighted by atomic mass is 10.1. The van der Waals surface area contributed by atoms with Crippen molar-refractivity contribution in [3.8, 4) is 5.75 Å². The summed E-state index contributed by atoms with van der Waals surface area (Å²) in [7, 11) is 0.336. The Morgan fingerprint density at radius 1 is 1.39 bits per heavy atom. The van der Waals surface area contributed by atoms with Crippen molar-refractivity contribution in [2.75, 3.05) is 25.7 Å². The highest BCUT2D eigenvalue weighted by Crippen LogP contribution is 2.28. The van der Waals surface area contributed by atoms with Crippen molar-refractivity contribution < 1.29 is 17.9 Å². The minimum atomic E-state index is -2.99. The van der Waals surface area contributed by atoms with Gasteiger partial charge in [0.1, 0.15) is 5.75 Å². The molecule has 1 saturated heterocycles. The summed E-state index contributed by atoms with van der Waals surface area (Å²) < 4.78 is 31.4. The summed E-state index contributed by atoms with van der Waals surface area (Å²) in [5, 5.41) is 4.57. The van der Waals surface area contributed by atoms with Gasteiger partial charge in [-0.2, -0.15) is 5.10 Å². The van der Waals surface area contributed by atoms with Crippen LogP contribution in [-0.4, -0.2) is 54.7 Å². The first-order chi connectivity index (χ1) is 13.1. The fourth-order valence-electron chi connectivity index (χ4n) is 3.58. The van der Waals surface area contributed by atoms with Gasteiger partial charge in [-0.3, -0.25) is 9.48 Å². The van der Waals surface area contributed by atoms with Gasteiger partial charge < -0.3 is 9.64 Å². The fourth-order valence-corrected chi connectivity index (χ4v) is 5.81. The SMILES string of the molecule is COc1ccc(C(=O)N(C)Cc2c(C)nn([C@@H]3CCS(=O)(=O)C3)c2C)cc1Br. The van der Waals surface area contributed by atoms with Crippen molar-refractivity contribution in [2.45, 2.75) is 32.9 Å². The summed E-state index contributed by atoms with van der Waals surface area (Å²) >= 11 is 3.41. The van der Waals surface area contributed by atoms with Gasteiger partial charge in [-0.25, -0.2) is 8.42 Å². The highest BCUT2D eigenvalue weighted by molar-refractivity contribution is 9.10. The van der Waals surface area contributed by atoms with E-state index in [1.807, 2.05) is 18.5 Å². The second-order valence-electron chi connectivity index (χ2n) is 7.16. The van der Waals surface area contributed by atoms with Crippen LogP contribution in [0.1, 0.15) is 39.8 Å². The second kappa shape index (κ2) is 7.87. The molecule has 1 aromatic carbocycles. The number of nitrogens with zero attached hydrogens (tertiary/aromatic N) is 3. The molecule has 152 valence electrons. The lowest BCUT2D eigenvalue weighted by Crippen LogP contribution is -2.26. The number of benzene rings is 1. The Morgan fingerprint density at radius 3 is 2.68 bits per heavy atom. The van der Waals surface area contributed by atoms with Gasteiger partial charge in [-0.1, -0.05) is 0 Å². The van der Waals surface area contributed by atoms with Crippen LogP contribution in [0.15, 0.2) is 22.7 Å². The van der Waals surface area contributed by atoms with Crippen molar-refractivity contribution in [3.63, 3.8) is 0 Å². The molecular weight excluding hydrogens is 446 g/mol. The van der Waals surface area contributed by atoms with Crippen LogP contribution in [0, 0.1) is 13.8 Å². The van der Waals surface area contributed by atoms with Crippen molar-refractivity contribution >= 4 is 31.7 Å². The zero-order valence-electron chi connectivity index (χ0n) is 16.4. The van der Waals surface area contributed by atoms with Gasteiger partial charge in [-0.15, -0.1) is 0 Å². The van der Waals surface area contributed by atoms with Crippen molar-refractivity contribution in [2.24, 2.45) is 0 Å². The number of aryl methyl sites for hydroxylation is 1. The monoisotopic (exact) mass is 469 g/mol. The van der Waals surface area contributed by atoms with Gasteiger partial charge >= 0.3 is 0 Å². The molecule has 0 saturated carbocycles. The first-order valence-electron chi connectivity index (χ1n) is 8.97. The third kappa shape index (κ3) is 4.10. The first-order valence-corrected chi connectivity index (χ1v) is 11.6. The number of carbonyl (C=O) groups excluding carboxylic acids is 1. The summed E-state index contributed by atoms with van der Waals surface area (Å²) in [4.78, 5) is 14.5. The molecule has 1 atom stereocenters. The average Bonchev–Trinajstić information content (AvgIpc) is 3.14. The molecule has 0 unspecified atom stereocenters. The third-order valence-corrected chi connectivity index (χ3v) is 7.54. The van der Waals surface area contributed by atoms with E-state index in [9.17, 15) is 13.2 Å². The molecule has 0 aliphatic carbocycles. The number of methoxy groups -OCH3 is 1. The maximum absolute atomic E-state index is 12.8. The van der Waals surface area contributed by atoms with Gasteiger partial charge in [0.2, 0.25) is 0 Å². The molecule has 3 rings (SSSR count). The minimum Gasteiger partial charge on any atom is -0.496 e. The summed E-state index contributed by atoms with van der Waals surface area (Å²) in [5.41, 5.74) is 3.24. The first kappa shape index (κ1) is 20.9. The van der Waals surface area contributed by atoms with Crippen molar-refractivity contribution in [1.82, 2.24) is 14.7 Å². The largest absolute Gasteiger partial charge is 0.496 e. The summed E-state index contributed by atoms with van der Waals surface area (Å²) in [6, 6.07) is 5.09. The van der Waals surface area contributed by atoms with E-state index in [1.165, 1.54) is 0 Å². The predicted molar refractivity (Wildman–Crippen MR) is 111 cm³/mol. The normalized spacial score (nSPS) is 18.2. The van der Waals surface area contributed by atoms with E-state index < -0.39 is 9.84 Å². The lowest BCUT2D eigenvalue weighted by Gasteiger charge is -2.18. The van der Waals surface area contributed by atoms with Crippen LogP contribution in [0.2, 0.25) is 0 Å². The quantitative estimate of drug-likeness (QED) is 0.672. The Labute approximate surface area is 173 Å². The predicted octanol–water partition coefficient (Wildman–Crippen LogP) is 2.90. The molecule has 1 aromatic heterocycles. The Morgan fingerprint density at radius 2 is 2.11 bits per heavy atom. The molecule has 28 heavy (non-hydrogen) atoms. The molecule has 1 amide bonds. The molecular formula is C19H24BrN3O4S. The number of sulfone groups is 1. The molecule has 1 aliphatic heterocycles. The van der Waals surface area contributed by atoms with E-state index in [2.05, 4.69) is 21.0 Å². The number of amides is 1. The topological polar surface area (TPSA) is 81.5 Å². The van der Waals surface area contributed by atoms with E-state index in [1.54, 1.807) is 37.3 Å². The van der Waals surface area contributed by atoms with Crippen LogP contribution in [0.5, 0.6) is 5.75 Å². The molecule has 1 fully saturated rings. The van der Waals surface area contributed by atoms with E-state index in [-0.39, 0.29) is 23.5 Å². The number of aromatic nitrogens is 2. The standard InChI is InChI=1S/C19H24BrN3O4S/c1-12-16(13(2)23(21-12)15-7-8-28(25,26)11-15)10-22(3)19(24)14-5-6-18(27-4)17(20)9-14/h5-6,9,15H,7-8,10-11H2,1-4H3/t15-/m1/s1. The van der Waals surface area contributed by atoms with Gasteiger partial charge in [0.15, 0.2) is 9.84 Å². The van der Waals surface area contributed by atoms with Crippen LogP contribution < -0.4 is 4.74 Å². The number of rotatable bonds is 5. The van der Waals surface area contributed by atoms with E-state index >= 15 is 0 Å². The number of halogens is 1. The van der Waals surface area contributed by atoms with Crippen LogP contribution in [0.4, 0.5) is 0 Å². The second-order valence-corrected chi connectivity index (χ2v) is 10.2. The van der Waals surface area contributed by atoms with Crippen molar-refractivity contribution in [1.29, 1.82) is 0 Å². The molecule has 1 aliphatic rings. The zero-order valence-corrected chi connectivity index (χ0v) is 18.8. The van der Waals surface area contributed by atoms with E-state index in [0.717, 1.165) is 21.4 Å². The summed E-state index contributed by atoms with van der Waals surface area (Å²) in [5.74, 6) is 0.885. The fraction of sp³-hybridized carbons (Fsp3) is 0.474. The smallest absolute Gasteiger partial charge is 0.253 e. The van der Waals surface area contributed by atoms with Crippen LogP contribution in [0.3, 0.4) is 0 Å². The average molecular weight is 470 g/mol. The Hall–Kier alpha value is -1.87. The maximum atomic E-state index is 12.8. The number of hydrogen-bond acceptors (Lipinski definition) is 5. The Balaban J connectivity index is 1.80. The maximum Gasteiger partial charge on any atom is 0.253 e. The van der Waals surface area contributed by atoms with Gasteiger partial charge in [-0.05, 0) is 54.4 Å². The van der Waals surface area contributed by atoms with Gasteiger partial charge in [0.25, 0.3) is 5.91 Å². The highest BCUT2D eigenvalue weighted by Gasteiger charge is 2.31. The highest BCUT2D eigenvalue weighted by atomic mass is 79.9. The van der Waals surface area contributed by atoms with Gasteiger partial charge in [0.05, 0.1) is 34.8 Å². The molecule has 7 nitrogen and oxygen atoms in total. The molecule has 0 radical (unpaired) electrons. The van der Waals surface area contributed by atoms with E-state index in [4.69, 9.17) is 4.74 Å². The molecule has 0 N–H and O–H groups in total. The molecule has 9 heteroatoms. The van der Waals surface area contributed by atoms with Crippen LogP contribution in [-0.2, 0) is 16.4 Å². The van der Waals surface area contributed by atoms with Crippen LogP contribution >= 0.6 is 15.9 Å². The zero-order chi connectivity index (χ0) is 20.6. The summed E-state index contributed by atoms with van der Waals surface area (Å²) in [6.45, 7) is 4.23. The third-order valence-electron chi connectivity index (χ3n) is 5.17. The van der Waals surface area contributed by atoms with Crippen LogP contribution in [0.25, 0.3) is 0 Å². The number of carbonyl (C=O) groups is 1. The van der Waals surface area contributed by atoms with Gasteiger partial charge in [0, 0.05) is 30.4 Å². The van der Waals surface area contributed by atoms with E-state index in [0.29, 0.717) is 24.3 Å². The Bertz CT molecular complexity index is 1020. The lowest BCUT2D eigenvalue weighted by molar-refractivity contribution is 0.0784. The number of ether oxygens (including phenoxy) is 1. The molecule has 2 heterocycles.